The van der Waals surface area contributed by atoms with Crippen LogP contribution in [0, 0.1) is 52.0 Å². The third-order valence-electron chi connectivity index (χ3n) is 15.1. The van der Waals surface area contributed by atoms with Crippen molar-refractivity contribution in [1.82, 2.24) is 55.3 Å². The minimum absolute atomic E-state index is 0.0208. The van der Waals surface area contributed by atoms with E-state index in [1.807, 2.05) is 135 Å². The van der Waals surface area contributed by atoms with Crippen LogP contribution < -0.4 is 48.9 Å². The Morgan fingerprint density at radius 2 is 1.12 bits per heavy atom. The van der Waals surface area contributed by atoms with Crippen molar-refractivity contribution in [3.63, 3.8) is 0 Å². The highest BCUT2D eigenvalue weighted by atomic mass is 32.2. The van der Waals surface area contributed by atoms with E-state index in [4.69, 9.17) is 19.5 Å². The van der Waals surface area contributed by atoms with Crippen molar-refractivity contribution >= 4 is 93.7 Å². The number of rotatable bonds is 11. The first-order valence-corrected chi connectivity index (χ1v) is 36.7. The molecule has 6 aromatic rings. The summed E-state index contributed by atoms with van der Waals surface area (Å²) in [6.45, 7) is 41.6. The Morgan fingerprint density at radius 3 is 1.34 bits per heavy atom. The number of esters is 1. The number of ketones is 4. The number of benzene rings is 1. The van der Waals surface area contributed by atoms with Gasteiger partial charge in [-0.15, -0.1) is 4.74 Å². The molecule has 2 aromatic carbocycles. The van der Waals surface area contributed by atoms with Gasteiger partial charge in [0.2, 0.25) is 17.2 Å². The van der Waals surface area contributed by atoms with E-state index in [1.165, 1.54) is 0 Å². The summed E-state index contributed by atoms with van der Waals surface area (Å²) in [4.78, 5) is 181. The molecule has 0 spiro atoms. The van der Waals surface area contributed by atoms with Gasteiger partial charge in [-0.1, -0.05) is 155 Å². The maximum absolute atomic E-state index is 12.7. The van der Waals surface area contributed by atoms with Gasteiger partial charge >= 0.3 is 39.0 Å². The van der Waals surface area contributed by atoms with E-state index in [9.17, 15) is 85.5 Å². The number of nitrogens with one attached hydrogen (secondary N) is 7. The average molecular weight is 1600 g/mol. The molecule has 5 atom stereocenters. The Kier molecular flexibility index (Phi) is 40.9. The highest BCUT2D eigenvalue weighted by Gasteiger charge is 2.37. The highest BCUT2D eigenvalue weighted by Crippen LogP contribution is 2.28. The van der Waals surface area contributed by atoms with Gasteiger partial charge in [-0.25, -0.2) is 38.1 Å². The maximum Gasteiger partial charge on any atom is 0.440 e. The van der Waals surface area contributed by atoms with Crippen LogP contribution in [0.3, 0.4) is 0 Å². The number of nitrogens with zero attached hydrogens (tertiary/aromatic N) is 4. The van der Waals surface area contributed by atoms with Gasteiger partial charge in [0.15, 0.2) is 52.7 Å². The number of aromatic nitrogens is 8. The molecule has 5 aliphatic rings. The Hall–Kier alpha value is -9.79. The van der Waals surface area contributed by atoms with Crippen LogP contribution in [0.2, 0.25) is 0 Å². The van der Waals surface area contributed by atoms with Crippen molar-refractivity contribution in [2.45, 2.75) is 237 Å². The van der Waals surface area contributed by atoms with E-state index in [0.717, 1.165) is 51.8 Å². The smallest absolute Gasteiger partial charge is 0.440 e. The number of hydrogen-bond acceptors (Lipinski definition) is 29. The first-order chi connectivity index (χ1) is 50.3. The molecule has 109 heavy (non-hydrogen) atoms. The first kappa shape index (κ1) is 97.2. The standard InChI is InChI=1S/C9H10F2O.C8H12O2.C7H11NO2.C7H10O3.C7H8O3.C6H9NO3.C6H9NO2S.C5H8N2O3.C5H8N2O2.2C5H8N2OS/c1-5(2)6-3-7(10)9(12)8(11)4-6;1-5(2)7-3-6(9)4-8(7)10;1-4(2)7-5(9)3-6(10)8-7;1-4(2)7-5(8)3-6(9)10-7;1-3(2)4-5(8)7(10)6(4)9;2*1-3(2)4-5(8)7-6(9)10-4;1-3(2)7-4(8)6-5(9)10-7;2*1-3(2)4-6-5(8)9-7-4;1-3(2)4-6-5(9)8-7-4/h3-5,12H,1-2H3;5,7H,3-4H2,1-2H3;4,7H,3H2,1-2H3,(H,8,10);4,7H,3H2,1-2H3;3,8H,1-2H3;2*3-4H,1-2H3,(H,7,8,9);3H,1-2H3,(H,6,8,9);2*3H,1-2H3,(H,6,7,8);3H,1-2H3,(H,6,7,9). The number of thioether (sulfide) groups is 1. The number of aromatic hydroxyl groups is 2. The number of Topliss-reactive ketones (excluding diaryl/α,β-unsaturated/α-hetero) is 4. The molecule has 606 valence electrons. The lowest BCUT2D eigenvalue weighted by molar-refractivity contribution is -0.144. The van der Waals surface area contributed by atoms with Gasteiger partial charge in [0.25, 0.3) is 16.6 Å². The van der Waals surface area contributed by atoms with Crippen LogP contribution in [-0.4, -0.2) is 131 Å². The Bertz CT molecular complexity index is 4040. The third kappa shape index (κ3) is 33.3. The van der Waals surface area contributed by atoms with E-state index >= 15 is 0 Å². The lowest BCUT2D eigenvalue weighted by Crippen LogP contribution is -2.34. The van der Waals surface area contributed by atoms with Crippen LogP contribution in [0.15, 0.2) is 54.5 Å². The van der Waals surface area contributed by atoms with Gasteiger partial charge in [-0.2, -0.15) is 9.36 Å². The number of phenols is 1. The summed E-state index contributed by atoms with van der Waals surface area (Å²) >= 11 is 6.70. The van der Waals surface area contributed by atoms with Gasteiger partial charge in [0.1, 0.15) is 29.6 Å². The van der Waals surface area contributed by atoms with Crippen molar-refractivity contribution in [3.8, 4) is 11.5 Å². The lowest BCUT2D eigenvalue weighted by Gasteiger charge is -2.11. The molecule has 4 saturated heterocycles. The molecule has 8 heterocycles. The molecule has 1 aliphatic carbocycles. The minimum Gasteiger partial charge on any atom is -0.504 e. The van der Waals surface area contributed by atoms with Crippen molar-refractivity contribution in [2.75, 3.05) is 0 Å². The Morgan fingerprint density at radius 1 is 0.560 bits per heavy atom. The quantitative estimate of drug-likeness (QED) is 0.0253. The maximum atomic E-state index is 12.7. The third-order valence-corrected chi connectivity index (χ3v) is 17.2. The number of phenolic OH excluding ortho intramolecular Hbond substituents is 1. The predicted molar refractivity (Wildman–Crippen MR) is 398 cm³/mol. The van der Waals surface area contributed by atoms with Crippen LogP contribution in [0.5, 0.6) is 11.5 Å². The SMILES string of the molecule is CC(C)C1CC(=O)CC1=O.CC(C)C1NC(=O)CC1=O.CC(C)C1OC(=O)CC1=O.CC(C)C1OC(=O)NC1=O.CC(C)C1SC(=O)NC1=O.CC(C)c1c(O)c(=O)c1=O.CC(C)c1cc(F)c(O)c(F)c1.CC(C)c1nc(=S)o[nH]1.CC(C)c1noc(=O)[nH]1.CC(C)c1nsc(=O)[nH]1.CC(C)n1oc(=O)[nH]c1=O. The van der Waals surface area contributed by atoms with Gasteiger partial charge in [-0.05, 0) is 85.2 Å². The van der Waals surface area contributed by atoms with Crippen LogP contribution in [0.1, 0.15) is 242 Å². The number of aromatic amines is 4. The van der Waals surface area contributed by atoms with Gasteiger partial charge in [0, 0.05) is 41.6 Å². The molecule has 39 heteroatoms. The number of carbonyl (C=O) groups excluding carboxylic acids is 10. The fourth-order valence-corrected chi connectivity index (χ4v) is 10.6. The van der Waals surface area contributed by atoms with Gasteiger partial charge in [0.05, 0.1) is 35.7 Å². The highest BCUT2D eigenvalue weighted by molar-refractivity contribution is 8.15. The van der Waals surface area contributed by atoms with Crippen LogP contribution in [-0.2, 0) is 47.8 Å². The number of carbonyl (C=O) groups is 10. The van der Waals surface area contributed by atoms with E-state index in [1.54, 1.807) is 27.7 Å². The Balaban J connectivity index is 0.000000600. The van der Waals surface area contributed by atoms with Gasteiger partial charge in [-0.3, -0.25) is 82.7 Å². The zero-order chi connectivity index (χ0) is 84.1. The second-order valence-electron chi connectivity index (χ2n) is 28.3. The molecule has 9 N–H and O–H groups in total. The summed E-state index contributed by atoms with van der Waals surface area (Å²) in [5, 5.41) is 30.2. The number of hydrogen-bond donors (Lipinski definition) is 9. The number of H-pyrrole nitrogens is 4. The summed E-state index contributed by atoms with van der Waals surface area (Å²) in [6, 6.07) is 1.94. The molecule has 4 aliphatic heterocycles. The normalized spacial score (nSPS) is 17.6. The van der Waals surface area contributed by atoms with E-state index < -0.39 is 63.7 Å². The van der Waals surface area contributed by atoms with Crippen LogP contribution in [0.25, 0.3) is 0 Å². The fraction of sp³-hybridized carbons (Fsp3) is 0.600. The second-order valence-corrected chi connectivity index (χ2v) is 30.5. The fourth-order valence-electron chi connectivity index (χ4n) is 9.05. The number of ether oxygens (including phenoxy) is 2. The molecule has 34 nitrogen and oxygen atoms in total. The molecular weight excluding hydrogens is 1500 g/mol. The Labute approximate surface area is 639 Å². The molecule has 5 unspecified atom stereocenters. The molecule has 1 saturated carbocycles. The molecule has 0 radical (unpaired) electrons. The zero-order valence-electron chi connectivity index (χ0n) is 65.0. The van der Waals surface area contributed by atoms with Crippen molar-refractivity contribution in [3.05, 3.63) is 119 Å². The summed E-state index contributed by atoms with van der Waals surface area (Å²) in [5.41, 5.74) is -0.969. The van der Waals surface area contributed by atoms with Crippen molar-refractivity contribution < 1.29 is 90.0 Å². The first-order valence-electron chi connectivity index (χ1n) is 34.6. The lowest BCUT2D eigenvalue weighted by atomic mass is 9.94. The molecular formula is C70H101F2N11O23S3. The number of cyclic esters (lactones) is 2. The largest absolute Gasteiger partial charge is 0.504 e. The number of halogens is 2. The number of imide groups is 2. The number of amides is 5. The summed E-state index contributed by atoms with van der Waals surface area (Å²) < 4.78 is 53.1. The monoisotopic (exact) mass is 1600 g/mol. The van der Waals surface area contributed by atoms with Crippen molar-refractivity contribution in [2.24, 2.45) is 35.5 Å². The molecule has 4 aromatic heterocycles. The van der Waals surface area contributed by atoms with E-state index in [-0.39, 0.29) is 157 Å². The van der Waals surface area contributed by atoms with E-state index in [2.05, 4.69) is 66.3 Å². The molecule has 11 rings (SSSR count). The summed E-state index contributed by atoms with van der Waals surface area (Å²) in [5.74, 6) is -1.02. The van der Waals surface area contributed by atoms with E-state index in [0.29, 0.717) is 35.6 Å². The molecule has 5 amide bonds. The zero-order valence-corrected chi connectivity index (χ0v) is 67.4. The topological polar surface area (TPSA) is 514 Å². The second kappa shape index (κ2) is 45.9. The minimum atomic E-state index is -0.904. The number of alkyl carbamates (subject to hydrolysis) is 1. The molecule has 5 fully saturated rings. The molecule has 0 bridgehead atoms. The summed E-state index contributed by atoms with van der Waals surface area (Å²) in [7, 11) is 0. The van der Waals surface area contributed by atoms with Crippen molar-refractivity contribution in [1.29, 1.82) is 0 Å². The average Bonchev–Trinajstić information content (AvgIpc) is 1.75. The summed E-state index contributed by atoms with van der Waals surface area (Å²) in [6.07, 6.45) is -1.01. The van der Waals surface area contributed by atoms with Crippen LogP contribution >= 0.6 is 35.5 Å². The predicted octanol–water partition coefficient (Wildman–Crippen LogP) is 9.00. The van der Waals surface area contributed by atoms with Crippen LogP contribution in [0.4, 0.5) is 18.4 Å². The van der Waals surface area contributed by atoms with Gasteiger partial charge < -0.3 is 34.0 Å².